The molecule has 258 valence electrons. The summed E-state index contributed by atoms with van der Waals surface area (Å²) < 4.78 is 0. The third-order valence-corrected chi connectivity index (χ3v) is 10.8. The second-order valence-electron chi connectivity index (χ2n) is 14.1. The number of anilines is 3. The molecule has 0 aliphatic rings. The van der Waals surface area contributed by atoms with Crippen molar-refractivity contribution in [1.82, 2.24) is 0 Å². The molecule has 1 heteroatoms. The second-order valence-corrected chi connectivity index (χ2v) is 14.1. The van der Waals surface area contributed by atoms with Crippen LogP contribution in [-0.4, -0.2) is 0 Å². The minimum absolute atomic E-state index is 1.10. The van der Waals surface area contributed by atoms with Crippen molar-refractivity contribution in [2.45, 2.75) is 0 Å². The fourth-order valence-corrected chi connectivity index (χ4v) is 8.16. The zero-order valence-electron chi connectivity index (χ0n) is 30.3. The Morgan fingerprint density at radius 2 is 0.618 bits per heavy atom. The molecule has 0 aromatic heterocycles. The van der Waals surface area contributed by atoms with Gasteiger partial charge in [-0.2, -0.15) is 0 Å². The van der Waals surface area contributed by atoms with Gasteiger partial charge in [-0.1, -0.05) is 182 Å². The molecule has 0 saturated carbocycles. The van der Waals surface area contributed by atoms with Crippen LogP contribution in [0.25, 0.3) is 76.8 Å². The molecule has 10 rings (SSSR count). The molecule has 0 atom stereocenters. The molecule has 0 N–H and O–H groups in total. The van der Waals surface area contributed by atoms with Gasteiger partial charge in [-0.25, -0.2) is 0 Å². The molecule has 0 heterocycles. The van der Waals surface area contributed by atoms with Crippen LogP contribution in [0.3, 0.4) is 0 Å². The van der Waals surface area contributed by atoms with Crippen LogP contribution in [0.15, 0.2) is 224 Å². The first kappa shape index (κ1) is 32.4. The van der Waals surface area contributed by atoms with E-state index in [4.69, 9.17) is 0 Å². The number of hydrogen-bond acceptors (Lipinski definition) is 1. The van der Waals surface area contributed by atoms with Crippen LogP contribution in [0, 0.1) is 0 Å². The summed E-state index contributed by atoms with van der Waals surface area (Å²) in [5, 5.41) is 7.59. The summed E-state index contributed by atoms with van der Waals surface area (Å²) in [4.78, 5) is 2.44. The first-order valence-corrected chi connectivity index (χ1v) is 18.9. The molecule has 0 fully saturated rings. The number of rotatable bonds is 7. The van der Waals surface area contributed by atoms with Gasteiger partial charge in [0.1, 0.15) is 0 Å². The largest absolute Gasteiger partial charge is 0.310 e. The molecule has 0 aliphatic carbocycles. The molecule has 0 radical (unpaired) electrons. The van der Waals surface area contributed by atoms with E-state index in [-0.39, 0.29) is 0 Å². The quantitative estimate of drug-likeness (QED) is 0.150. The van der Waals surface area contributed by atoms with Crippen LogP contribution < -0.4 is 4.90 Å². The summed E-state index contributed by atoms with van der Waals surface area (Å²) in [6, 6.07) is 81.5. The third-order valence-electron chi connectivity index (χ3n) is 10.8. The van der Waals surface area contributed by atoms with E-state index in [1.54, 1.807) is 0 Å². The van der Waals surface area contributed by atoms with Gasteiger partial charge in [-0.3, -0.25) is 0 Å². The van der Waals surface area contributed by atoms with E-state index < -0.39 is 0 Å². The van der Waals surface area contributed by atoms with Gasteiger partial charge in [0.25, 0.3) is 0 Å². The molecular weight excluding hydrogens is 663 g/mol. The first-order chi connectivity index (χ1) is 27.3. The van der Waals surface area contributed by atoms with Crippen molar-refractivity contribution in [2.75, 3.05) is 4.90 Å². The van der Waals surface area contributed by atoms with Crippen LogP contribution in [0.5, 0.6) is 0 Å². The lowest BCUT2D eigenvalue weighted by Crippen LogP contribution is -2.11. The fraction of sp³-hybridized carbons (Fsp3) is 0. The van der Waals surface area contributed by atoms with Crippen LogP contribution in [0.1, 0.15) is 0 Å². The van der Waals surface area contributed by atoms with Gasteiger partial charge in [-0.05, 0) is 114 Å². The monoisotopic (exact) mass is 699 g/mol. The number of nitrogens with zero attached hydrogens (tertiary/aromatic N) is 1. The van der Waals surface area contributed by atoms with Gasteiger partial charge in [-0.15, -0.1) is 0 Å². The Bertz CT molecular complexity index is 2910. The average Bonchev–Trinajstić information content (AvgIpc) is 3.28. The number of hydrogen-bond donors (Lipinski definition) is 0. The lowest BCUT2D eigenvalue weighted by molar-refractivity contribution is 1.29. The molecule has 0 spiro atoms. The summed E-state index contributed by atoms with van der Waals surface area (Å²) >= 11 is 0. The Labute approximate surface area is 322 Å². The lowest BCUT2D eigenvalue weighted by atomic mass is 9.93. The Morgan fingerprint density at radius 3 is 1.22 bits per heavy atom. The maximum atomic E-state index is 2.44. The van der Waals surface area contributed by atoms with Gasteiger partial charge in [0.15, 0.2) is 0 Å². The average molecular weight is 700 g/mol. The van der Waals surface area contributed by atoms with Crippen molar-refractivity contribution in [3.8, 4) is 44.5 Å². The van der Waals surface area contributed by atoms with Crippen molar-refractivity contribution in [3.05, 3.63) is 224 Å². The molecule has 0 aliphatic heterocycles. The highest BCUT2D eigenvalue weighted by Crippen LogP contribution is 2.45. The second kappa shape index (κ2) is 14.0. The van der Waals surface area contributed by atoms with Crippen LogP contribution in [-0.2, 0) is 0 Å². The van der Waals surface area contributed by atoms with Crippen molar-refractivity contribution in [1.29, 1.82) is 0 Å². The molecule has 0 saturated heterocycles. The third kappa shape index (κ3) is 6.02. The van der Waals surface area contributed by atoms with Crippen molar-refractivity contribution < 1.29 is 0 Å². The molecule has 0 bridgehead atoms. The van der Waals surface area contributed by atoms with Crippen LogP contribution in [0.2, 0.25) is 0 Å². The Kier molecular flexibility index (Phi) is 8.24. The molecule has 1 nitrogen and oxygen atoms in total. The summed E-state index contributed by atoms with van der Waals surface area (Å²) in [6.07, 6.45) is 0. The fourth-order valence-electron chi connectivity index (χ4n) is 8.16. The van der Waals surface area contributed by atoms with E-state index in [0.717, 1.165) is 17.1 Å². The van der Waals surface area contributed by atoms with E-state index in [9.17, 15) is 0 Å². The Morgan fingerprint density at radius 1 is 0.218 bits per heavy atom. The van der Waals surface area contributed by atoms with E-state index >= 15 is 0 Å². The summed E-state index contributed by atoms with van der Waals surface area (Å²) in [6.45, 7) is 0. The lowest BCUT2D eigenvalue weighted by Gasteiger charge is -2.29. The highest BCUT2D eigenvalue weighted by Gasteiger charge is 2.20. The zero-order chi connectivity index (χ0) is 36.6. The summed E-state index contributed by atoms with van der Waals surface area (Å²) in [7, 11) is 0. The minimum Gasteiger partial charge on any atom is -0.310 e. The molecular formula is C54H37N. The SMILES string of the molecule is c1ccc(-c2ccc(N(c3ccc4c5ccccc5c5ccccc5c4c3)c3ccc(-c4cccc(-c5ccccc5)c4)cc3-c3ccccc3)cc2)cc1. The Balaban J connectivity index is 1.20. The van der Waals surface area contributed by atoms with Gasteiger partial charge in [0.05, 0.1) is 5.69 Å². The Hall–Kier alpha value is -7.22. The zero-order valence-corrected chi connectivity index (χ0v) is 30.3. The van der Waals surface area contributed by atoms with Gasteiger partial charge in [0, 0.05) is 16.9 Å². The number of fused-ring (bicyclic) bond motifs is 6. The van der Waals surface area contributed by atoms with Gasteiger partial charge < -0.3 is 4.90 Å². The normalized spacial score (nSPS) is 11.3. The van der Waals surface area contributed by atoms with Crippen molar-refractivity contribution in [3.63, 3.8) is 0 Å². The predicted molar refractivity (Wildman–Crippen MR) is 235 cm³/mol. The smallest absolute Gasteiger partial charge is 0.0540 e. The first-order valence-electron chi connectivity index (χ1n) is 18.9. The molecule has 10 aromatic carbocycles. The maximum absolute atomic E-state index is 2.44. The van der Waals surface area contributed by atoms with Crippen LogP contribution >= 0.6 is 0 Å². The molecule has 0 amide bonds. The van der Waals surface area contributed by atoms with E-state index in [1.807, 2.05) is 0 Å². The maximum Gasteiger partial charge on any atom is 0.0540 e. The van der Waals surface area contributed by atoms with Gasteiger partial charge >= 0.3 is 0 Å². The topological polar surface area (TPSA) is 3.24 Å². The van der Waals surface area contributed by atoms with Crippen LogP contribution in [0.4, 0.5) is 17.1 Å². The summed E-state index contributed by atoms with van der Waals surface area (Å²) in [5.41, 5.74) is 12.8. The highest BCUT2D eigenvalue weighted by molar-refractivity contribution is 6.25. The van der Waals surface area contributed by atoms with E-state index in [2.05, 4.69) is 229 Å². The number of benzene rings is 10. The van der Waals surface area contributed by atoms with E-state index in [1.165, 1.54) is 76.8 Å². The summed E-state index contributed by atoms with van der Waals surface area (Å²) in [5.74, 6) is 0. The molecule has 10 aromatic rings. The van der Waals surface area contributed by atoms with Crippen molar-refractivity contribution >= 4 is 49.4 Å². The highest BCUT2D eigenvalue weighted by atomic mass is 15.1. The minimum atomic E-state index is 1.10. The van der Waals surface area contributed by atoms with Gasteiger partial charge in [0.2, 0.25) is 0 Å². The molecule has 55 heavy (non-hydrogen) atoms. The molecule has 0 unspecified atom stereocenters. The van der Waals surface area contributed by atoms with E-state index in [0.29, 0.717) is 0 Å². The van der Waals surface area contributed by atoms with Crippen molar-refractivity contribution in [2.24, 2.45) is 0 Å². The predicted octanol–water partition coefficient (Wildman–Crippen LogP) is 15.3. The standard InChI is InChI=1S/C54H37N/c1-4-15-38(16-5-1)40-27-30-45(31-28-40)55(46-32-33-51-49-25-11-10-23-47(49)48-24-12-13-26-50(48)53(51)37-46)54-34-29-44(36-52(54)41-19-8-3-9-20-41)43-22-14-21-42(35-43)39-17-6-2-7-18-39/h1-37H.